The van der Waals surface area contributed by atoms with Gasteiger partial charge in [-0.25, -0.2) is 0 Å². The molecule has 3 N–H and O–H groups in total. The van der Waals surface area contributed by atoms with E-state index in [9.17, 15) is 9.90 Å². The largest absolute Gasteiger partial charge is 0.507 e. The average molecular weight is 220 g/mol. The first-order chi connectivity index (χ1) is 7.77. The Bertz CT molecular complexity index is 373. The van der Waals surface area contributed by atoms with Gasteiger partial charge >= 0.3 is 0 Å². The molecule has 0 spiro atoms. The summed E-state index contributed by atoms with van der Waals surface area (Å²) >= 11 is 0. The Hall–Kier alpha value is -1.55. The van der Waals surface area contributed by atoms with Crippen LogP contribution in [0.3, 0.4) is 0 Å². The van der Waals surface area contributed by atoms with Gasteiger partial charge in [-0.15, -0.1) is 0 Å². The molecular formula is C12H16N2O2. The van der Waals surface area contributed by atoms with Crippen LogP contribution in [0.25, 0.3) is 0 Å². The van der Waals surface area contributed by atoms with Crippen molar-refractivity contribution in [1.29, 1.82) is 0 Å². The summed E-state index contributed by atoms with van der Waals surface area (Å²) in [7, 11) is 0. The second-order valence-corrected chi connectivity index (χ2v) is 4.03. The van der Waals surface area contributed by atoms with E-state index in [0.29, 0.717) is 5.56 Å². The van der Waals surface area contributed by atoms with Gasteiger partial charge in [-0.05, 0) is 31.5 Å². The Morgan fingerprint density at radius 3 is 2.94 bits per heavy atom. The van der Waals surface area contributed by atoms with E-state index in [-0.39, 0.29) is 17.7 Å². The molecule has 0 radical (unpaired) electrons. The summed E-state index contributed by atoms with van der Waals surface area (Å²) in [6.07, 6.45) is 2.07. The van der Waals surface area contributed by atoms with Crippen molar-refractivity contribution in [3.05, 3.63) is 29.8 Å². The zero-order valence-corrected chi connectivity index (χ0v) is 9.07. The topological polar surface area (TPSA) is 61.4 Å². The van der Waals surface area contributed by atoms with Crippen molar-refractivity contribution < 1.29 is 9.90 Å². The number of rotatable bonds is 2. The van der Waals surface area contributed by atoms with Gasteiger partial charge < -0.3 is 15.7 Å². The number of hydrogen-bond donors (Lipinski definition) is 3. The minimum absolute atomic E-state index is 0.0313. The number of hydrogen-bond acceptors (Lipinski definition) is 3. The second-order valence-electron chi connectivity index (χ2n) is 4.03. The number of para-hydroxylation sites is 1. The molecule has 1 heterocycles. The molecule has 1 aliphatic rings. The van der Waals surface area contributed by atoms with Crippen molar-refractivity contribution in [2.45, 2.75) is 18.9 Å². The Labute approximate surface area is 94.7 Å². The molecular weight excluding hydrogens is 204 g/mol. The van der Waals surface area contributed by atoms with E-state index in [1.165, 1.54) is 6.07 Å². The van der Waals surface area contributed by atoms with Crippen molar-refractivity contribution in [2.24, 2.45) is 0 Å². The highest BCUT2D eigenvalue weighted by atomic mass is 16.3. The highest BCUT2D eigenvalue weighted by molar-refractivity contribution is 5.96. The quantitative estimate of drug-likeness (QED) is 0.693. The van der Waals surface area contributed by atoms with Crippen LogP contribution < -0.4 is 10.6 Å². The number of phenolic OH excluding ortho intramolecular Hbond substituents is 1. The molecule has 0 aromatic heterocycles. The third-order valence-corrected chi connectivity index (χ3v) is 2.78. The molecule has 4 nitrogen and oxygen atoms in total. The van der Waals surface area contributed by atoms with Crippen LogP contribution in [-0.2, 0) is 0 Å². The minimum Gasteiger partial charge on any atom is -0.507 e. The summed E-state index contributed by atoms with van der Waals surface area (Å²) in [6, 6.07) is 6.76. The van der Waals surface area contributed by atoms with Gasteiger partial charge in [-0.2, -0.15) is 0 Å². The van der Waals surface area contributed by atoms with Gasteiger partial charge in [0.2, 0.25) is 0 Å². The van der Waals surface area contributed by atoms with E-state index >= 15 is 0 Å². The number of benzene rings is 1. The van der Waals surface area contributed by atoms with Crippen molar-refractivity contribution >= 4 is 5.91 Å². The van der Waals surface area contributed by atoms with Crippen LogP contribution in [-0.4, -0.2) is 30.1 Å². The molecule has 1 aromatic carbocycles. The molecule has 4 heteroatoms. The van der Waals surface area contributed by atoms with Crippen LogP contribution in [0.1, 0.15) is 23.2 Å². The summed E-state index contributed by atoms with van der Waals surface area (Å²) in [5.41, 5.74) is 0.341. The lowest BCUT2D eigenvalue weighted by Crippen LogP contribution is -2.45. The fourth-order valence-corrected chi connectivity index (χ4v) is 1.90. The monoisotopic (exact) mass is 220 g/mol. The van der Waals surface area contributed by atoms with E-state index in [2.05, 4.69) is 10.6 Å². The maximum absolute atomic E-state index is 11.8. The van der Waals surface area contributed by atoms with Gasteiger partial charge in [0, 0.05) is 12.6 Å². The highest BCUT2D eigenvalue weighted by Gasteiger charge is 2.17. The van der Waals surface area contributed by atoms with Crippen LogP contribution in [0.15, 0.2) is 24.3 Å². The summed E-state index contributed by atoms with van der Waals surface area (Å²) in [4.78, 5) is 11.8. The number of carbonyl (C=O) groups is 1. The molecule has 86 valence electrons. The third-order valence-electron chi connectivity index (χ3n) is 2.78. The van der Waals surface area contributed by atoms with E-state index < -0.39 is 0 Å². The van der Waals surface area contributed by atoms with Gasteiger partial charge in [0.05, 0.1) is 5.56 Å². The van der Waals surface area contributed by atoms with Gasteiger partial charge in [0.15, 0.2) is 0 Å². The predicted octanol–water partition coefficient (Wildman–Crippen LogP) is 0.874. The first kappa shape index (κ1) is 11.0. The van der Waals surface area contributed by atoms with Crippen LogP contribution in [0.2, 0.25) is 0 Å². The standard InChI is InChI=1S/C12H16N2O2/c15-11-6-2-1-5-10(11)12(16)14-9-4-3-7-13-8-9/h1-2,5-6,9,13,15H,3-4,7-8H2,(H,14,16)/t9-/m1/s1. The normalized spacial score (nSPS) is 20.4. The smallest absolute Gasteiger partial charge is 0.255 e. The number of phenols is 1. The Morgan fingerprint density at radius 1 is 1.44 bits per heavy atom. The molecule has 0 saturated carbocycles. The number of nitrogens with one attached hydrogen (secondary N) is 2. The van der Waals surface area contributed by atoms with Crippen molar-refractivity contribution in [3.8, 4) is 5.75 Å². The van der Waals surface area contributed by atoms with Gasteiger partial charge in [-0.3, -0.25) is 4.79 Å². The summed E-state index contributed by atoms with van der Waals surface area (Å²) < 4.78 is 0. The number of carbonyl (C=O) groups excluding carboxylic acids is 1. The minimum atomic E-state index is -0.202. The Morgan fingerprint density at radius 2 is 2.25 bits per heavy atom. The molecule has 0 unspecified atom stereocenters. The fraction of sp³-hybridized carbons (Fsp3) is 0.417. The summed E-state index contributed by atoms with van der Waals surface area (Å²) in [5, 5.41) is 15.7. The highest BCUT2D eigenvalue weighted by Crippen LogP contribution is 2.15. The van der Waals surface area contributed by atoms with E-state index in [1.54, 1.807) is 18.2 Å². The van der Waals surface area contributed by atoms with Gasteiger partial charge in [-0.1, -0.05) is 12.1 Å². The van der Waals surface area contributed by atoms with E-state index in [0.717, 1.165) is 25.9 Å². The molecule has 1 atom stereocenters. The number of piperidine rings is 1. The van der Waals surface area contributed by atoms with E-state index in [1.807, 2.05) is 0 Å². The lowest BCUT2D eigenvalue weighted by atomic mass is 10.1. The molecule has 1 fully saturated rings. The molecule has 1 saturated heterocycles. The molecule has 0 bridgehead atoms. The maximum atomic E-state index is 11.8. The summed E-state index contributed by atoms with van der Waals surface area (Å²) in [6.45, 7) is 1.82. The van der Waals surface area contributed by atoms with E-state index in [4.69, 9.17) is 0 Å². The number of aromatic hydroxyl groups is 1. The molecule has 1 aromatic rings. The Kier molecular flexibility index (Phi) is 3.41. The zero-order valence-electron chi connectivity index (χ0n) is 9.07. The van der Waals surface area contributed by atoms with Crippen molar-refractivity contribution in [3.63, 3.8) is 0 Å². The van der Waals surface area contributed by atoms with Crippen LogP contribution >= 0.6 is 0 Å². The van der Waals surface area contributed by atoms with Crippen molar-refractivity contribution in [1.82, 2.24) is 10.6 Å². The lowest BCUT2D eigenvalue weighted by molar-refractivity contribution is 0.0928. The first-order valence-corrected chi connectivity index (χ1v) is 5.57. The van der Waals surface area contributed by atoms with Crippen molar-refractivity contribution in [2.75, 3.05) is 13.1 Å². The first-order valence-electron chi connectivity index (χ1n) is 5.57. The molecule has 2 rings (SSSR count). The molecule has 1 aliphatic heterocycles. The van der Waals surface area contributed by atoms with Crippen LogP contribution in [0.5, 0.6) is 5.75 Å². The average Bonchev–Trinajstić information content (AvgIpc) is 2.31. The molecule has 16 heavy (non-hydrogen) atoms. The lowest BCUT2D eigenvalue weighted by Gasteiger charge is -2.23. The SMILES string of the molecule is O=C(N[C@@H]1CCCNC1)c1ccccc1O. The van der Waals surface area contributed by atoms with Gasteiger partial charge in [0.25, 0.3) is 5.91 Å². The van der Waals surface area contributed by atoms with Crippen LogP contribution in [0.4, 0.5) is 0 Å². The summed E-state index contributed by atoms with van der Waals surface area (Å²) in [5.74, 6) is -0.171. The van der Waals surface area contributed by atoms with Crippen LogP contribution in [0, 0.1) is 0 Å². The number of amides is 1. The predicted molar refractivity (Wildman–Crippen MR) is 61.5 cm³/mol. The third kappa shape index (κ3) is 2.52. The Balaban J connectivity index is 2.00. The van der Waals surface area contributed by atoms with Gasteiger partial charge in [0.1, 0.15) is 5.75 Å². The zero-order chi connectivity index (χ0) is 11.4. The fourth-order valence-electron chi connectivity index (χ4n) is 1.90. The molecule has 1 amide bonds. The maximum Gasteiger partial charge on any atom is 0.255 e. The molecule has 0 aliphatic carbocycles. The second kappa shape index (κ2) is 4.99.